The molecular weight excluding hydrogens is 366 g/mol. The lowest BCUT2D eigenvalue weighted by Crippen LogP contribution is -2.16. The number of hydrogen-bond acceptors (Lipinski definition) is 4. The SMILES string of the molecule is FC(F)(F)Oc1ccc(-c2nnc(-c3ccccc3C(F)(F)F)o2)cc1. The lowest BCUT2D eigenvalue weighted by atomic mass is 10.1. The largest absolute Gasteiger partial charge is 0.573 e. The van der Waals surface area contributed by atoms with Gasteiger partial charge in [0.2, 0.25) is 11.8 Å². The second-order valence-electron chi connectivity index (χ2n) is 5.03. The third-order valence-electron chi connectivity index (χ3n) is 3.22. The van der Waals surface area contributed by atoms with E-state index in [2.05, 4.69) is 14.9 Å². The van der Waals surface area contributed by atoms with Crippen LogP contribution in [-0.4, -0.2) is 16.6 Å². The molecule has 10 heteroatoms. The van der Waals surface area contributed by atoms with Gasteiger partial charge in [-0.15, -0.1) is 23.4 Å². The highest BCUT2D eigenvalue weighted by molar-refractivity contribution is 5.62. The second-order valence-corrected chi connectivity index (χ2v) is 5.03. The third kappa shape index (κ3) is 3.95. The van der Waals surface area contributed by atoms with Crippen LogP contribution in [0.4, 0.5) is 26.3 Å². The summed E-state index contributed by atoms with van der Waals surface area (Å²) in [6, 6.07) is 9.15. The summed E-state index contributed by atoms with van der Waals surface area (Å²) in [5.41, 5.74) is -1.01. The quantitative estimate of drug-likeness (QED) is 0.582. The van der Waals surface area contributed by atoms with Crippen molar-refractivity contribution >= 4 is 0 Å². The Bertz CT molecular complexity index is 900. The molecule has 2 aromatic carbocycles. The standard InChI is InChI=1S/C16H8F6N2O2/c17-15(18,19)12-4-2-1-3-11(12)14-24-23-13(25-14)9-5-7-10(8-6-9)26-16(20,21)22/h1-8H. The first kappa shape index (κ1) is 17.8. The summed E-state index contributed by atoms with van der Waals surface area (Å²) in [5, 5.41) is 7.23. The Hall–Kier alpha value is -3.04. The Labute approximate surface area is 142 Å². The van der Waals surface area contributed by atoms with Crippen LogP contribution in [0.25, 0.3) is 22.9 Å². The number of ether oxygens (including phenoxy) is 1. The fourth-order valence-electron chi connectivity index (χ4n) is 2.16. The summed E-state index contributed by atoms with van der Waals surface area (Å²) in [7, 11) is 0. The Morgan fingerprint density at radius 3 is 2.00 bits per heavy atom. The maximum absolute atomic E-state index is 13.0. The number of alkyl halides is 6. The molecule has 0 N–H and O–H groups in total. The molecule has 0 saturated carbocycles. The van der Waals surface area contributed by atoms with E-state index in [1.807, 2.05) is 0 Å². The fraction of sp³-hybridized carbons (Fsp3) is 0.125. The molecule has 0 aliphatic carbocycles. The molecule has 0 aliphatic rings. The first-order chi connectivity index (χ1) is 12.1. The highest BCUT2D eigenvalue weighted by Gasteiger charge is 2.35. The third-order valence-corrected chi connectivity index (χ3v) is 3.22. The maximum atomic E-state index is 13.0. The van der Waals surface area contributed by atoms with E-state index in [1.165, 1.54) is 30.3 Å². The molecule has 0 spiro atoms. The van der Waals surface area contributed by atoms with Crippen LogP contribution in [0.2, 0.25) is 0 Å². The number of nitrogens with zero attached hydrogens (tertiary/aromatic N) is 2. The predicted molar refractivity (Wildman–Crippen MR) is 76.9 cm³/mol. The van der Waals surface area contributed by atoms with Gasteiger partial charge in [-0.2, -0.15) is 13.2 Å². The van der Waals surface area contributed by atoms with Gasteiger partial charge in [-0.1, -0.05) is 12.1 Å². The topological polar surface area (TPSA) is 48.2 Å². The summed E-state index contributed by atoms with van der Waals surface area (Å²) in [6.45, 7) is 0. The van der Waals surface area contributed by atoms with Crippen molar-refractivity contribution in [3.8, 4) is 28.7 Å². The molecule has 3 rings (SSSR count). The van der Waals surface area contributed by atoms with Crippen molar-refractivity contribution in [1.29, 1.82) is 0 Å². The van der Waals surface area contributed by atoms with E-state index in [0.29, 0.717) is 0 Å². The molecule has 0 fully saturated rings. The van der Waals surface area contributed by atoms with E-state index in [9.17, 15) is 26.3 Å². The van der Waals surface area contributed by atoms with Gasteiger partial charge in [0, 0.05) is 5.56 Å². The highest BCUT2D eigenvalue weighted by Crippen LogP contribution is 2.37. The van der Waals surface area contributed by atoms with Crippen molar-refractivity contribution in [2.45, 2.75) is 12.5 Å². The van der Waals surface area contributed by atoms with Gasteiger partial charge >= 0.3 is 12.5 Å². The minimum absolute atomic E-state index is 0.143. The molecule has 0 saturated heterocycles. The van der Waals surface area contributed by atoms with Gasteiger partial charge in [0.25, 0.3) is 0 Å². The Morgan fingerprint density at radius 2 is 1.38 bits per heavy atom. The molecular formula is C16H8F6N2O2. The molecule has 3 aromatic rings. The van der Waals surface area contributed by atoms with Gasteiger partial charge in [-0.3, -0.25) is 0 Å². The van der Waals surface area contributed by atoms with E-state index < -0.39 is 23.9 Å². The van der Waals surface area contributed by atoms with Crippen LogP contribution >= 0.6 is 0 Å². The van der Waals surface area contributed by atoms with Crippen molar-refractivity contribution in [3.05, 3.63) is 54.1 Å². The average Bonchev–Trinajstić information content (AvgIpc) is 3.03. The maximum Gasteiger partial charge on any atom is 0.573 e. The predicted octanol–water partition coefficient (Wildman–Crippen LogP) is 5.32. The smallest absolute Gasteiger partial charge is 0.416 e. The van der Waals surface area contributed by atoms with E-state index in [4.69, 9.17) is 4.42 Å². The number of aromatic nitrogens is 2. The fourth-order valence-corrected chi connectivity index (χ4v) is 2.16. The van der Waals surface area contributed by atoms with Gasteiger partial charge in [-0.05, 0) is 36.4 Å². The van der Waals surface area contributed by atoms with Gasteiger partial charge in [0.05, 0.1) is 11.1 Å². The molecule has 0 bridgehead atoms. The summed E-state index contributed by atoms with van der Waals surface area (Å²) in [5.74, 6) is -0.956. The van der Waals surface area contributed by atoms with Crippen LogP contribution in [0, 0.1) is 0 Å². The van der Waals surface area contributed by atoms with Crippen molar-refractivity contribution in [2.75, 3.05) is 0 Å². The van der Waals surface area contributed by atoms with Crippen LogP contribution in [0.1, 0.15) is 5.56 Å². The van der Waals surface area contributed by atoms with Gasteiger partial charge in [0.15, 0.2) is 0 Å². The molecule has 26 heavy (non-hydrogen) atoms. The summed E-state index contributed by atoms with van der Waals surface area (Å²) < 4.78 is 84.5. The second kappa shape index (κ2) is 6.36. The highest BCUT2D eigenvalue weighted by atomic mass is 19.4. The number of hydrogen-bond donors (Lipinski definition) is 0. The van der Waals surface area contributed by atoms with E-state index in [0.717, 1.165) is 18.2 Å². The van der Waals surface area contributed by atoms with Gasteiger partial charge < -0.3 is 9.15 Å². The molecule has 0 amide bonds. The Kier molecular flexibility index (Phi) is 4.34. The van der Waals surface area contributed by atoms with Crippen molar-refractivity contribution in [3.63, 3.8) is 0 Å². The van der Waals surface area contributed by atoms with Crippen LogP contribution in [0.5, 0.6) is 5.75 Å². The van der Waals surface area contributed by atoms with Crippen molar-refractivity contribution in [1.82, 2.24) is 10.2 Å². The zero-order chi connectivity index (χ0) is 18.9. The van der Waals surface area contributed by atoms with E-state index in [1.54, 1.807) is 0 Å². The van der Waals surface area contributed by atoms with Gasteiger partial charge in [-0.25, -0.2) is 0 Å². The van der Waals surface area contributed by atoms with Crippen LogP contribution in [0.15, 0.2) is 52.9 Å². The molecule has 1 aromatic heterocycles. The van der Waals surface area contributed by atoms with Crippen molar-refractivity contribution < 1.29 is 35.5 Å². The lowest BCUT2D eigenvalue weighted by Gasteiger charge is -2.09. The lowest BCUT2D eigenvalue weighted by molar-refractivity contribution is -0.274. The summed E-state index contributed by atoms with van der Waals surface area (Å²) in [6.07, 6.45) is -9.44. The van der Waals surface area contributed by atoms with Crippen LogP contribution in [0.3, 0.4) is 0 Å². The van der Waals surface area contributed by atoms with Crippen LogP contribution in [-0.2, 0) is 6.18 Å². The molecule has 4 nitrogen and oxygen atoms in total. The first-order valence-electron chi connectivity index (χ1n) is 7.00. The number of halogens is 6. The molecule has 0 aliphatic heterocycles. The zero-order valence-electron chi connectivity index (χ0n) is 12.6. The zero-order valence-corrected chi connectivity index (χ0v) is 12.6. The number of rotatable bonds is 3. The summed E-state index contributed by atoms with van der Waals surface area (Å²) >= 11 is 0. The van der Waals surface area contributed by atoms with Gasteiger partial charge in [0.1, 0.15) is 5.75 Å². The molecule has 136 valence electrons. The Balaban J connectivity index is 1.90. The molecule has 0 unspecified atom stereocenters. The minimum Gasteiger partial charge on any atom is -0.416 e. The molecule has 0 atom stereocenters. The first-order valence-corrected chi connectivity index (χ1v) is 7.00. The minimum atomic E-state index is -4.83. The van der Waals surface area contributed by atoms with E-state index >= 15 is 0 Å². The van der Waals surface area contributed by atoms with Crippen molar-refractivity contribution in [2.24, 2.45) is 0 Å². The molecule has 0 radical (unpaired) electrons. The van der Waals surface area contributed by atoms with Crippen LogP contribution < -0.4 is 4.74 Å². The summed E-state index contributed by atoms with van der Waals surface area (Å²) in [4.78, 5) is 0. The molecule has 1 heterocycles. The van der Waals surface area contributed by atoms with E-state index in [-0.39, 0.29) is 22.9 Å². The average molecular weight is 374 g/mol. The normalized spacial score (nSPS) is 12.2. The Morgan fingerprint density at radius 1 is 0.769 bits per heavy atom. The number of benzene rings is 2. The monoisotopic (exact) mass is 374 g/mol.